The Morgan fingerprint density at radius 1 is 1.11 bits per heavy atom. The van der Waals surface area contributed by atoms with Gasteiger partial charge in [0.05, 0.1) is 12.1 Å². The summed E-state index contributed by atoms with van der Waals surface area (Å²) in [5.41, 5.74) is 2.27. The quantitative estimate of drug-likeness (QED) is 0.617. The van der Waals surface area contributed by atoms with Gasteiger partial charge in [-0.25, -0.2) is 9.78 Å². The zero-order chi connectivity index (χ0) is 19.9. The van der Waals surface area contributed by atoms with E-state index in [9.17, 15) is 9.59 Å². The second-order valence-electron chi connectivity index (χ2n) is 6.15. The number of thiazole rings is 1. The molecule has 28 heavy (non-hydrogen) atoms. The van der Waals surface area contributed by atoms with Gasteiger partial charge in [0.1, 0.15) is 0 Å². The molecule has 8 heteroatoms. The highest BCUT2D eigenvalue weighted by atomic mass is 35.5. The highest BCUT2D eigenvalue weighted by molar-refractivity contribution is 7.14. The summed E-state index contributed by atoms with van der Waals surface area (Å²) in [5, 5.41) is 8.07. The van der Waals surface area contributed by atoms with Crippen molar-refractivity contribution >= 4 is 45.7 Å². The van der Waals surface area contributed by atoms with E-state index in [2.05, 4.69) is 15.6 Å². The third-order valence-corrected chi connectivity index (χ3v) is 4.92. The van der Waals surface area contributed by atoms with E-state index in [1.165, 1.54) is 11.3 Å². The molecule has 2 aromatic carbocycles. The molecule has 0 saturated heterocycles. The molecule has 1 heterocycles. The van der Waals surface area contributed by atoms with Crippen molar-refractivity contribution in [2.45, 2.75) is 13.0 Å². The number of carbonyl (C=O) groups excluding carboxylic acids is 2. The first-order chi connectivity index (χ1) is 13.5. The molecule has 0 saturated carbocycles. The van der Waals surface area contributed by atoms with Crippen LogP contribution in [0.2, 0.25) is 5.02 Å². The van der Waals surface area contributed by atoms with E-state index in [1.54, 1.807) is 41.6 Å². The molecule has 2 N–H and O–H groups in total. The van der Waals surface area contributed by atoms with Gasteiger partial charge in [-0.2, -0.15) is 0 Å². The maximum atomic E-state index is 12.4. The summed E-state index contributed by atoms with van der Waals surface area (Å²) in [6.45, 7) is 0.539. The van der Waals surface area contributed by atoms with Crippen LogP contribution in [0.25, 0.3) is 0 Å². The minimum Gasteiger partial charge on any atom is -0.341 e. The lowest BCUT2D eigenvalue weighted by atomic mass is 10.2. The second kappa shape index (κ2) is 9.34. The Hall–Kier alpha value is -2.90. The summed E-state index contributed by atoms with van der Waals surface area (Å²) in [5.74, 6) is -0.0379. The van der Waals surface area contributed by atoms with Crippen LogP contribution >= 0.6 is 22.9 Å². The highest BCUT2D eigenvalue weighted by Gasteiger charge is 2.13. The molecular weight excluding hydrogens is 396 g/mol. The third-order valence-electron chi connectivity index (χ3n) is 3.88. The summed E-state index contributed by atoms with van der Waals surface area (Å²) >= 11 is 7.17. The minimum absolute atomic E-state index is 0.0379. The third kappa shape index (κ3) is 5.80. The number of nitrogens with one attached hydrogen (secondary N) is 2. The van der Waals surface area contributed by atoms with Crippen LogP contribution in [-0.2, 0) is 17.8 Å². The molecule has 6 nitrogen and oxygen atoms in total. The molecule has 3 rings (SSSR count). The van der Waals surface area contributed by atoms with Gasteiger partial charge < -0.3 is 10.2 Å². The molecule has 0 spiro atoms. The topological polar surface area (TPSA) is 74.3 Å². The van der Waals surface area contributed by atoms with E-state index in [0.717, 1.165) is 5.56 Å². The van der Waals surface area contributed by atoms with Gasteiger partial charge in [0.15, 0.2) is 5.13 Å². The number of nitrogens with zero attached hydrogens (tertiary/aromatic N) is 2. The average molecular weight is 415 g/mol. The fourth-order valence-corrected chi connectivity index (χ4v) is 3.40. The van der Waals surface area contributed by atoms with Crippen LogP contribution < -0.4 is 10.6 Å². The maximum absolute atomic E-state index is 12.4. The number of amides is 3. The Labute approximate surface area is 172 Å². The Kier molecular flexibility index (Phi) is 6.62. The lowest BCUT2D eigenvalue weighted by Gasteiger charge is -2.16. The molecule has 0 atom stereocenters. The van der Waals surface area contributed by atoms with E-state index in [4.69, 9.17) is 11.6 Å². The van der Waals surface area contributed by atoms with Crippen LogP contribution in [0.1, 0.15) is 11.3 Å². The van der Waals surface area contributed by atoms with E-state index in [0.29, 0.717) is 28.1 Å². The maximum Gasteiger partial charge on any atom is 0.325 e. The molecule has 0 aliphatic rings. The SMILES string of the molecule is CN(Cc1ccccc1)C(=O)Cc1csc(NC(=O)Nc2cccc(Cl)c2)n1. The number of likely N-dealkylation sites (N-methyl/N-ethyl adjacent to an activating group) is 1. The fraction of sp³-hybridized carbons (Fsp3) is 0.150. The van der Waals surface area contributed by atoms with Gasteiger partial charge >= 0.3 is 6.03 Å². The fourth-order valence-electron chi connectivity index (χ4n) is 2.51. The van der Waals surface area contributed by atoms with Crippen molar-refractivity contribution in [1.82, 2.24) is 9.88 Å². The van der Waals surface area contributed by atoms with Gasteiger partial charge in [-0.3, -0.25) is 10.1 Å². The molecule has 0 unspecified atom stereocenters. The smallest absolute Gasteiger partial charge is 0.325 e. The molecule has 0 aliphatic heterocycles. The zero-order valence-electron chi connectivity index (χ0n) is 15.2. The summed E-state index contributed by atoms with van der Waals surface area (Å²) < 4.78 is 0. The molecule has 1 aromatic heterocycles. The van der Waals surface area contributed by atoms with Crippen molar-refractivity contribution in [1.29, 1.82) is 0 Å². The molecule has 0 fully saturated rings. The lowest BCUT2D eigenvalue weighted by Crippen LogP contribution is -2.27. The Morgan fingerprint density at radius 2 is 1.89 bits per heavy atom. The van der Waals surface area contributed by atoms with Crippen LogP contribution in [0.4, 0.5) is 15.6 Å². The van der Waals surface area contributed by atoms with Gasteiger partial charge in [-0.1, -0.05) is 48.0 Å². The number of anilines is 2. The first-order valence-corrected chi connectivity index (χ1v) is 9.81. The van der Waals surface area contributed by atoms with Crippen LogP contribution in [0.15, 0.2) is 60.0 Å². The number of carbonyl (C=O) groups is 2. The van der Waals surface area contributed by atoms with Crippen LogP contribution in [0.3, 0.4) is 0 Å². The Bertz CT molecular complexity index is 962. The van der Waals surface area contributed by atoms with Gasteiger partial charge in [0.25, 0.3) is 0 Å². The first kappa shape index (κ1) is 19.9. The number of rotatable bonds is 6. The highest BCUT2D eigenvalue weighted by Crippen LogP contribution is 2.18. The summed E-state index contributed by atoms with van der Waals surface area (Å²) in [6.07, 6.45) is 0.178. The minimum atomic E-state index is -0.421. The van der Waals surface area contributed by atoms with Crippen molar-refractivity contribution in [2.75, 3.05) is 17.7 Å². The predicted molar refractivity (Wildman–Crippen MR) is 113 cm³/mol. The number of hydrogen-bond acceptors (Lipinski definition) is 4. The van der Waals surface area contributed by atoms with Crippen molar-refractivity contribution in [2.24, 2.45) is 0 Å². The van der Waals surface area contributed by atoms with Crippen LogP contribution in [0.5, 0.6) is 0 Å². The zero-order valence-corrected chi connectivity index (χ0v) is 16.8. The number of aromatic nitrogens is 1. The number of urea groups is 1. The average Bonchev–Trinajstić information content (AvgIpc) is 3.09. The molecule has 3 amide bonds. The van der Waals surface area contributed by atoms with E-state index in [-0.39, 0.29) is 12.3 Å². The molecule has 0 aliphatic carbocycles. The summed E-state index contributed by atoms with van der Waals surface area (Å²) in [6, 6.07) is 16.2. The largest absolute Gasteiger partial charge is 0.341 e. The van der Waals surface area contributed by atoms with Crippen LogP contribution in [0, 0.1) is 0 Å². The first-order valence-electron chi connectivity index (χ1n) is 8.55. The molecule has 144 valence electrons. The standard InChI is InChI=1S/C20H19ClN4O2S/c1-25(12-14-6-3-2-4-7-14)18(26)11-17-13-28-20(23-17)24-19(27)22-16-9-5-8-15(21)10-16/h2-10,13H,11-12H2,1H3,(H2,22,23,24,27). The van der Waals surface area contributed by atoms with E-state index >= 15 is 0 Å². The van der Waals surface area contributed by atoms with Gasteiger partial charge in [0.2, 0.25) is 5.91 Å². The van der Waals surface area contributed by atoms with Gasteiger partial charge in [-0.05, 0) is 23.8 Å². The molecule has 0 radical (unpaired) electrons. The Balaban J connectivity index is 1.52. The second-order valence-corrected chi connectivity index (χ2v) is 7.44. The number of hydrogen-bond donors (Lipinski definition) is 2. The lowest BCUT2D eigenvalue weighted by molar-refractivity contribution is -0.129. The van der Waals surface area contributed by atoms with Gasteiger partial charge in [-0.15, -0.1) is 11.3 Å². The number of halogens is 1. The monoisotopic (exact) mass is 414 g/mol. The molecule has 3 aromatic rings. The number of benzene rings is 2. The van der Waals surface area contributed by atoms with Crippen molar-refractivity contribution < 1.29 is 9.59 Å². The Morgan fingerprint density at radius 3 is 2.64 bits per heavy atom. The normalized spacial score (nSPS) is 10.4. The van der Waals surface area contributed by atoms with E-state index < -0.39 is 6.03 Å². The molecule has 0 bridgehead atoms. The van der Waals surface area contributed by atoms with Crippen molar-refractivity contribution in [3.63, 3.8) is 0 Å². The van der Waals surface area contributed by atoms with Crippen molar-refractivity contribution in [3.8, 4) is 0 Å². The molecular formula is C20H19ClN4O2S. The summed E-state index contributed by atoms with van der Waals surface area (Å²) in [7, 11) is 1.76. The van der Waals surface area contributed by atoms with Gasteiger partial charge in [0, 0.05) is 29.7 Å². The van der Waals surface area contributed by atoms with Crippen LogP contribution in [-0.4, -0.2) is 28.9 Å². The summed E-state index contributed by atoms with van der Waals surface area (Å²) in [4.78, 5) is 30.4. The predicted octanol–water partition coefficient (Wildman–Crippen LogP) is 4.64. The van der Waals surface area contributed by atoms with Crippen molar-refractivity contribution in [3.05, 3.63) is 76.3 Å². The van der Waals surface area contributed by atoms with E-state index in [1.807, 2.05) is 30.3 Å².